The maximum Gasteiger partial charge on any atom is 0.0426 e. The summed E-state index contributed by atoms with van der Waals surface area (Å²) in [5.41, 5.74) is 9.60. The highest BCUT2D eigenvalue weighted by Crippen LogP contribution is 2.21. The Labute approximate surface area is 126 Å². The second-order valence-electron chi connectivity index (χ2n) is 5.09. The highest BCUT2D eigenvalue weighted by atomic mass is 35.5. The second-order valence-corrected chi connectivity index (χ2v) is 5.53. The van der Waals surface area contributed by atoms with E-state index in [4.69, 9.17) is 17.3 Å². The Kier molecular flexibility index (Phi) is 5.05. The molecule has 0 aliphatic heterocycles. The molecule has 0 saturated heterocycles. The van der Waals surface area contributed by atoms with Gasteiger partial charge in [-0.2, -0.15) is 0 Å². The van der Waals surface area contributed by atoms with Crippen LogP contribution in [0, 0.1) is 0 Å². The Morgan fingerprint density at radius 1 is 1.15 bits per heavy atom. The Hall–Kier alpha value is -1.51. The van der Waals surface area contributed by atoms with E-state index in [-0.39, 0.29) is 6.04 Å². The number of nitrogens with zero attached hydrogens (tertiary/aromatic N) is 1. The number of anilines is 1. The van der Waals surface area contributed by atoms with Crippen LogP contribution in [0.3, 0.4) is 0 Å². The van der Waals surface area contributed by atoms with Crippen LogP contribution < -0.4 is 10.6 Å². The van der Waals surface area contributed by atoms with E-state index in [2.05, 4.69) is 49.2 Å². The summed E-state index contributed by atoms with van der Waals surface area (Å²) in [5.74, 6) is 0. The molecular formula is C17H21ClN2. The topological polar surface area (TPSA) is 29.3 Å². The minimum atomic E-state index is 0.127. The van der Waals surface area contributed by atoms with Crippen LogP contribution in [0.25, 0.3) is 0 Å². The van der Waals surface area contributed by atoms with Gasteiger partial charge >= 0.3 is 0 Å². The van der Waals surface area contributed by atoms with Crippen molar-refractivity contribution in [2.24, 2.45) is 5.73 Å². The minimum absolute atomic E-state index is 0.127. The summed E-state index contributed by atoms with van der Waals surface area (Å²) in [4.78, 5) is 2.20. The van der Waals surface area contributed by atoms with E-state index in [1.165, 1.54) is 16.8 Å². The maximum absolute atomic E-state index is 6.03. The van der Waals surface area contributed by atoms with E-state index in [1.54, 1.807) is 0 Å². The van der Waals surface area contributed by atoms with Gasteiger partial charge in [-0.1, -0.05) is 42.8 Å². The van der Waals surface area contributed by atoms with E-state index < -0.39 is 0 Å². The van der Waals surface area contributed by atoms with E-state index >= 15 is 0 Å². The van der Waals surface area contributed by atoms with Crippen molar-refractivity contribution in [2.45, 2.75) is 25.9 Å². The molecule has 0 bridgehead atoms. The third-order valence-electron chi connectivity index (χ3n) is 3.51. The van der Waals surface area contributed by atoms with Gasteiger partial charge < -0.3 is 10.6 Å². The lowest BCUT2D eigenvalue weighted by molar-refractivity contribution is 0.698. The van der Waals surface area contributed by atoms with Crippen LogP contribution >= 0.6 is 11.6 Å². The summed E-state index contributed by atoms with van der Waals surface area (Å²) >= 11 is 6.01. The molecule has 2 N–H and O–H groups in total. The molecule has 0 fully saturated rings. The smallest absolute Gasteiger partial charge is 0.0426 e. The quantitative estimate of drug-likeness (QED) is 0.884. The van der Waals surface area contributed by atoms with Crippen LogP contribution in [0.15, 0.2) is 48.5 Å². The predicted molar refractivity (Wildman–Crippen MR) is 87.2 cm³/mol. The Morgan fingerprint density at radius 3 is 2.45 bits per heavy atom. The SMILES string of the molecule is CC[C@H](N)c1ccc(N(C)Cc2cccc(Cl)c2)cc1. The monoisotopic (exact) mass is 288 g/mol. The zero-order chi connectivity index (χ0) is 14.5. The zero-order valence-corrected chi connectivity index (χ0v) is 12.8. The van der Waals surface area contributed by atoms with Crippen LogP contribution in [0.2, 0.25) is 5.02 Å². The number of hydrogen-bond acceptors (Lipinski definition) is 2. The molecule has 20 heavy (non-hydrogen) atoms. The predicted octanol–water partition coefficient (Wildman–Crippen LogP) is 4.39. The first-order valence-electron chi connectivity index (χ1n) is 6.91. The van der Waals surface area contributed by atoms with E-state index in [9.17, 15) is 0 Å². The van der Waals surface area contributed by atoms with Crippen molar-refractivity contribution < 1.29 is 0 Å². The lowest BCUT2D eigenvalue weighted by atomic mass is 10.1. The highest BCUT2D eigenvalue weighted by Gasteiger charge is 2.06. The van der Waals surface area contributed by atoms with Crippen molar-refractivity contribution in [3.05, 3.63) is 64.7 Å². The number of benzene rings is 2. The van der Waals surface area contributed by atoms with Gasteiger partial charge in [0.15, 0.2) is 0 Å². The molecule has 1 atom stereocenters. The van der Waals surface area contributed by atoms with Gasteiger partial charge in [0.05, 0.1) is 0 Å². The zero-order valence-electron chi connectivity index (χ0n) is 12.0. The number of nitrogens with two attached hydrogens (primary N) is 1. The highest BCUT2D eigenvalue weighted by molar-refractivity contribution is 6.30. The maximum atomic E-state index is 6.03. The molecule has 0 amide bonds. The summed E-state index contributed by atoms with van der Waals surface area (Å²) in [6.07, 6.45) is 0.956. The number of rotatable bonds is 5. The largest absolute Gasteiger partial charge is 0.370 e. The Bertz CT molecular complexity index is 551. The van der Waals surface area contributed by atoms with Crippen LogP contribution in [0.4, 0.5) is 5.69 Å². The fraction of sp³-hybridized carbons (Fsp3) is 0.294. The van der Waals surface area contributed by atoms with Crippen molar-refractivity contribution in [3.63, 3.8) is 0 Å². The summed E-state index contributed by atoms with van der Waals surface area (Å²) in [5, 5.41) is 0.778. The molecule has 2 nitrogen and oxygen atoms in total. The van der Waals surface area contributed by atoms with Gasteiger partial charge in [-0.05, 0) is 41.8 Å². The standard InChI is InChI=1S/C17H21ClN2/c1-3-17(19)14-7-9-16(10-8-14)20(2)12-13-5-4-6-15(18)11-13/h4-11,17H,3,12,19H2,1-2H3/t17-/m0/s1. The van der Waals surface area contributed by atoms with Gasteiger partial charge in [0.25, 0.3) is 0 Å². The third-order valence-corrected chi connectivity index (χ3v) is 3.75. The molecule has 0 unspecified atom stereocenters. The van der Waals surface area contributed by atoms with Gasteiger partial charge in [-0.3, -0.25) is 0 Å². The van der Waals surface area contributed by atoms with E-state index in [0.29, 0.717) is 0 Å². The summed E-state index contributed by atoms with van der Waals surface area (Å²) in [6.45, 7) is 2.93. The number of halogens is 1. The fourth-order valence-electron chi connectivity index (χ4n) is 2.21. The molecule has 0 aromatic heterocycles. The van der Waals surface area contributed by atoms with Crippen molar-refractivity contribution in [3.8, 4) is 0 Å². The van der Waals surface area contributed by atoms with Gasteiger partial charge in [-0.25, -0.2) is 0 Å². The molecule has 2 aromatic carbocycles. The lowest BCUT2D eigenvalue weighted by Gasteiger charge is -2.20. The molecule has 0 aliphatic carbocycles. The Morgan fingerprint density at radius 2 is 1.85 bits per heavy atom. The molecule has 0 saturated carbocycles. The minimum Gasteiger partial charge on any atom is -0.370 e. The van der Waals surface area contributed by atoms with Crippen molar-refractivity contribution in [1.82, 2.24) is 0 Å². The summed E-state index contributed by atoms with van der Waals surface area (Å²) < 4.78 is 0. The molecule has 2 rings (SSSR count). The van der Waals surface area contributed by atoms with Crippen LogP contribution in [-0.4, -0.2) is 7.05 Å². The summed E-state index contributed by atoms with van der Waals surface area (Å²) in [7, 11) is 2.08. The molecular weight excluding hydrogens is 268 g/mol. The fourth-order valence-corrected chi connectivity index (χ4v) is 2.43. The van der Waals surface area contributed by atoms with Crippen LogP contribution in [0.5, 0.6) is 0 Å². The first-order valence-corrected chi connectivity index (χ1v) is 7.29. The van der Waals surface area contributed by atoms with Crippen LogP contribution in [0.1, 0.15) is 30.5 Å². The third kappa shape index (κ3) is 3.75. The molecule has 106 valence electrons. The van der Waals surface area contributed by atoms with Gasteiger partial charge in [0.2, 0.25) is 0 Å². The number of hydrogen-bond donors (Lipinski definition) is 1. The first-order chi connectivity index (χ1) is 9.60. The van der Waals surface area contributed by atoms with Crippen LogP contribution in [-0.2, 0) is 6.54 Å². The molecule has 0 aliphatic rings. The molecule has 0 radical (unpaired) electrons. The van der Waals surface area contributed by atoms with E-state index in [0.717, 1.165) is 18.0 Å². The first kappa shape index (κ1) is 14.9. The average molecular weight is 289 g/mol. The average Bonchev–Trinajstić information content (AvgIpc) is 2.46. The lowest BCUT2D eigenvalue weighted by Crippen LogP contribution is -2.16. The van der Waals surface area contributed by atoms with Crippen molar-refractivity contribution >= 4 is 17.3 Å². The molecule has 2 aromatic rings. The molecule has 3 heteroatoms. The Balaban J connectivity index is 2.07. The van der Waals surface area contributed by atoms with Crippen molar-refractivity contribution in [1.29, 1.82) is 0 Å². The molecule has 0 heterocycles. The van der Waals surface area contributed by atoms with Gasteiger partial charge in [0, 0.05) is 30.3 Å². The van der Waals surface area contributed by atoms with E-state index in [1.807, 2.05) is 18.2 Å². The van der Waals surface area contributed by atoms with Crippen molar-refractivity contribution in [2.75, 3.05) is 11.9 Å². The van der Waals surface area contributed by atoms with Gasteiger partial charge in [0.1, 0.15) is 0 Å². The molecule has 0 spiro atoms. The normalized spacial score (nSPS) is 12.2. The second kappa shape index (κ2) is 6.78. The summed E-state index contributed by atoms with van der Waals surface area (Å²) in [6, 6.07) is 16.5. The van der Waals surface area contributed by atoms with Gasteiger partial charge in [-0.15, -0.1) is 0 Å².